The van der Waals surface area contributed by atoms with Crippen LogP contribution in [-0.2, 0) is 9.84 Å². The smallest absolute Gasteiger partial charge is 0.396 e. The number of nitrogens with one attached hydrogen (secondary N) is 1. The van der Waals surface area contributed by atoms with Gasteiger partial charge in [-0.2, -0.15) is 13.2 Å². The molecule has 108 valence electrons. The lowest BCUT2D eigenvalue weighted by atomic mass is 10.4. The summed E-state index contributed by atoms with van der Waals surface area (Å²) >= 11 is 0.472. The third-order valence-electron chi connectivity index (χ3n) is 1.94. The van der Waals surface area contributed by atoms with Crippen molar-refractivity contribution in [2.24, 2.45) is 5.73 Å². The van der Waals surface area contributed by atoms with Crippen LogP contribution in [0, 0.1) is 0 Å². The molecule has 0 aliphatic carbocycles. The average molecular weight is 317 g/mol. The molecule has 11 heteroatoms. The number of carbonyl (C=O) groups is 1. The van der Waals surface area contributed by atoms with Crippen LogP contribution in [0.25, 0.3) is 0 Å². The first-order valence-electron chi connectivity index (χ1n) is 4.66. The third-order valence-corrected chi connectivity index (χ3v) is 4.42. The van der Waals surface area contributed by atoms with E-state index in [2.05, 4.69) is 0 Å². The molecular formula is C8H10F3N3O3S2. The summed E-state index contributed by atoms with van der Waals surface area (Å²) < 4.78 is 59.3. The minimum atomic E-state index is -4.54. The van der Waals surface area contributed by atoms with E-state index >= 15 is 0 Å². The average Bonchev–Trinajstić information content (AvgIpc) is 2.50. The summed E-state index contributed by atoms with van der Waals surface area (Å²) in [5.74, 6) is -1.01. The molecule has 0 aliphatic heterocycles. The molecule has 5 N–H and O–H groups in total. The van der Waals surface area contributed by atoms with Crippen LogP contribution in [-0.4, -0.2) is 33.3 Å². The van der Waals surface area contributed by atoms with Crippen molar-refractivity contribution in [3.8, 4) is 0 Å². The molecule has 6 nitrogen and oxygen atoms in total. The van der Waals surface area contributed by atoms with E-state index in [1.54, 1.807) is 0 Å². The first kappa shape index (κ1) is 15.6. The van der Waals surface area contributed by atoms with Crippen LogP contribution in [0.3, 0.4) is 0 Å². The molecule has 0 unspecified atom stereocenters. The summed E-state index contributed by atoms with van der Waals surface area (Å²) in [5, 5.41) is 1.55. The first-order chi connectivity index (χ1) is 8.43. The number of nitrogens with two attached hydrogens (primary N) is 2. The zero-order valence-corrected chi connectivity index (χ0v) is 11.2. The maximum atomic E-state index is 12.1. The standard InChI is InChI=1S/C8H10F3N3O3S2/c1-19(16,17)5-3(12)4(6(13)15)18-7(5)14-2-8(9,10)11/h14H,2,12H2,1H3,(H2,13,15). The molecule has 1 aromatic rings. The maximum absolute atomic E-state index is 12.1. The van der Waals surface area contributed by atoms with Gasteiger partial charge >= 0.3 is 6.18 Å². The highest BCUT2D eigenvalue weighted by Crippen LogP contribution is 2.39. The largest absolute Gasteiger partial charge is 0.405 e. The van der Waals surface area contributed by atoms with Gasteiger partial charge in [-0.3, -0.25) is 4.79 Å². The number of alkyl halides is 3. The van der Waals surface area contributed by atoms with E-state index in [0.29, 0.717) is 11.3 Å². The maximum Gasteiger partial charge on any atom is 0.405 e. The molecule has 1 amide bonds. The van der Waals surface area contributed by atoms with E-state index < -0.39 is 39.0 Å². The van der Waals surface area contributed by atoms with E-state index in [0.717, 1.165) is 6.26 Å². The zero-order valence-electron chi connectivity index (χ0n) is 9.54. The number of anilines is 2. The number of primary amides is 1. The van der Waals surface area contributed by atoms with Crippen LogP contribution in [0.2, 0.25) is 0 Å². The van der Waals surface area contributed by atoms with Crippen LogP contribution in [0.4, 0.5) is 23.9 Å². The van der Waals surface area contributed by atoms with Crippen molar-refractivity contribution in [3.63, 3.8) is 0 Å². The minimum absolute atomic E-state index is 0.301. The molecule has 0 radical (unpaired) electrons. The molecule has 1 heterocycles. The summed E-state index contributed by atoms with van der Waals surface area (Å²) in [6.07, 6.45) is -3.77. The second-order valence-electron chi connectivity index (χ2n) is 3.61. The van der Waals surface area contributed by atoms with Gasteiger partial charge in [0.25, 0.3) is 5.91 Å². The number of hydrogen-bond acceptors (Lipinski definition) is 6. The van der Waals surface area contributed by atoms with E-state index in [1.807, 2.05) is 5.32 Å². The van der Waals surface area contributed by atoms with Crippen molar-refractivity contribution < 1.29 is 26.4 Å². The predicted molar refractivity (Wildman–Crippen MR) is 64.9 cm³/mol. The first-order valence-corrected chi connectivity index (χ1v) is 7.37. The highest BCUT2D eigenvalue weighted by Gasteiger charge is 2.31. The minimum Gasteiger partial charge on any atom is -0.396 e. The number of rotatable bonds is 4. The molecular weight excluding hydrogens is 307 g/mol. The molecule has 0 fully saturated rings. The van der Waals surface area contributed by atoms with Gasteiger partial charge in [0.05, 0.1) is 5.69 Å². The highest BCUT2D eigenvalue weighted by molar-refractivity contribution is 7.91. The Morgan fingerprint density at radius 3 is 2.32 bits per heavy atom. The Balaban J connectivity index is 3.31. The Morgan fingerprint density at radius 2 is 1.95 bits per heavy atom. The van der Waals surface area contributed by atoms with Crippen molar-refractivity contribution in [3.05, 3.63) is 4.88 Å². The summed E-state index contributed by atoms with van der Waals surface area (Å²) in [6, 6.07) is 0. The van der Waals surface area contributed by atoms with E-state index in [1.165, 1.54) is 0 Å². The molecule has 0 bridgehead atoms. The Labute approximate surface area is 110 Å². The van der Waals surface area contributed by atoms with E-state index in [-0.39, 0.29) is 9.88 Å². The van der Waals surface area contributed by atoms with Gasteiger partial charge in [-0.25, -0.2) is 8.42 Å². The number of hydrogen-bond donors (Lipinski definition) is 3. The van der Waals surface area contributed by atoms with Gasteiger partial charge < -0.3 is 16.8 Å². The highest BCUT2D eigenvalue weighted by atomic mass is 32.2. The van der Waals surface area contributed by atoms with E-state index in [9.17, 15) is 26.4 Å². The van der Waals surface area contributed by atoms with Crippen LogP contribution in [0.15, 0.2) is 4.90 Å². The molecule has 0 saturated heterocycles. The SMILES string of the molecule is CS(=O)(=O)c1c(NCC(F)(F)F)sc(C(N)=O)c1N. The lowest BCUT2D eigenvalue weighted by molar-refractivity contribution is -0.115. The normalized spacial score (nSPS) is 12.4. The van der Waals surface area contributed by atoms with Crippen molar-refractivity contribution in [1.82, 2.24) is 0 Å². The predicted octanol–water partition coefficient (Wildman–Crippen LogP) is 0.807. The second-order valence-corrected chi connectivity index (χ2v) is 6.58. The topological polar surface area (TPSA) is 115 Å². The number of sulfone groups is 1. The fourth-order valence-corrected chi connectivity index (χ4v) is 3.69. The molecule has 19 heavy (non-hydrogen) atoms. The van der Waals surface area contributed by atoms with Gasteiger partial charge in [0.15, 0.2) is 9.84 Å². The molecule has 0 atom stereocenters. The summed E-state index contributed by atoms with van der Waals surface area (Å²) in [5.41, 5.74) is 9.97. The van der Waals surface area contributed by atoms with Crippen LogP contribution in [0.5, 0.6) is 0 Å². The van der Waals surface area contributed by atoms with Crippen LogP contribution >= 0.6 is 11.3 Å². The van der Waals surface area contributed by atoms with Gasteiger partial charge in [0.1, 0.15) is 21.3 Å². The lowest BCUT2D eigenvalue weighted by Gasteiger charge is -2.09. The van der Waals surface area contributed by atoms with Crippen LogP contribution in [0.1, 0.15) is 9.67 Å². The van der Waals surface area contributed by atoms with E-state index in [4.69, 9.17) is 11.5 Å². The number of carbonyl (C=O) groups excluding carboxylic acids is 1. The molecule has 0 aromatic carbocycles. The number of amides is 1. The molecule has 0 aliphatic rings. The fourth-order valence-electron chi connectivity index (χ4n) is 1.28. The van der Waals surface area contributed by atoms with Crippen molar-refractivity contribution in [1.29, 1.82) is 0 Å². The number of nitrogen functional groups attached to an aromatic ring is 1. The van der Waals surface area contributed by atoms with Gasteiger partial charge in [-0.05, 0) is 0 Å². The van der Waals surface area contributed by atoms with Gasteiger partial charge in [0.2, 0.25) is 0 Å². The fraction of sp³-hybridized carbons (Fsp3) is 0.375. The number of halogens is 3. The summed E-state index contributed by atoms with van der Waals surface area (Å²) in [6.45, 7) is -1.45. The van der Waals surface area contributed by atoms with Gasteiger partial charge in [0, 0.05) is 6.26 Å². The van der Waals surface area contributed by atoms with Gasteiger partial charge in [-0.15, -0.1) is 11.3 Å². The van der Waals surface area contributed by atoms with Crippen molar-refractivity contribution in [2.45, 2.75) is 11.1 Å². The molecule has 0 spiro atoms. The molecule has 0 saturated carbocycles. The molecule has 1 rings (SSSR count). The number of thiophene rings is 1. The Kier molecular flexibility index (Phi) is 4.00. The van der Waals surface area contributed by atoms with Crippen molar-refractivity contribution in [2.75, 3.05) is 23.9 Å². The summed E-state index contributed by atoms with van der Waals surface area (Å²) in [4.78, 5) is 10.2. The quantitative estimate of drug-likeness (QED) is 0.760. The Hall–Kier alpha value is -1.49. The van der Waals surface area contributed by atoms with Gasteiger partial charge in [-0.1, -0.05) is 0 Å². The zero-order chi connectivity index (χ0) is 15.0. The molecule has 1 aromatic heterocycles. The van der Waals surface area contributed by atoms with Crippen molar-refractivity contribution >= 4 is 37.8 Å². The Morgan fingerprint density at radius 1 is 1.42 bits per heavy atom. The monoisotopic (exact) mass is 317 g/mol. The van der Waals surface area contributed by atoms with Crippen LogP contribution < -0.4 is 16.8 Å². The Bertz CT molecular complexity index is 607. The lowest BCUT2D eigenvalue weighted by Crippen LogP contribution is -2.21. The summed E-state index contributed by atoms with van der Waals surface area (Å²) in [7, 11) is -3.90. The second kappa shape index (κ2) is 4.89. The third kappa shape index (κ3) is 3.73.